The summed E-state index contributed by atoms with van der Waals surface area (Å²) in [5, 5.41) is 0. The van der Waals surface area contributed by atoms with E-state index in [1.807, 2.05) is 43.0 Å². The first kappa shape index (κ1) is 21.4. The van der Waals surface area contributed by atoms with E-state index >= 15 is 0 Å². The predicted octanol–water partition coefficient (Wildman–Crippen LogP) is 1.32. The third kappa shape index (κ3) is 5.25. The minimum Gasteiger partial charge on any atom is -0.368 e. The third-order valence-electron chi connectivity index (χ3n) is 6.04. The van der Waals surface area contributed by atoms with Crippen molar-refractivity contribution in [2.24, 2.45) is 0 Å². The Hall–Kier alpha value is -2.87. The zero-order valence-electron chi connectivity index (χ0n) is 18.9. The van der Waals surface area contributed by atoms with Gasteiger partial charge in [-0.3, -0.25) is 9.69 Å². The van der Waals surface area contributed by atoms with Crippen LogP contribution in [0.1, 0.15) is 5.69 Å². The maximum absolute atomic E-state index is 12.9. The molecule has 31 heavy (non-hydrogen) atoms. The van der Waals surface area contributed by atoms with Gasteiger partial charge in [-0.15, -0.1) is 0 Å². The van der Waals surface area contributed by atoms with Gasteiger partial charge in [-0.25, -0.2) is 4.98 Å². The van der Waals surface area contributed by atoms with Crippen LogP contribution in [0.5, 0.6) is 0 Å². The normalized spacial score (nSPS) is 17.7. The van der Waals surface area contributed by atoms with Gasteiger partial charge in [-0.05, 0) is 19.1 Å². The first-order chi connectivity index (χ1) is 15.0. The Bertz CT molecular complexity index is 873. The number of hydrogen-bond donors (Lipinski definition) is 0. The van der Waals surface area contributed by atoms with E-state index in [9.17, 15) is 4.79 Å². The van der Waals surface area contributed by atoms with E-state index in [4.69, 9.17) is 4.98 Å². The van der Waals surface area contributed by atoms with E-state index in [2.05, 4.69) is 43.9 Å². The predicted molar refractivity (Wildman–Crippen MR) is 125 cm³/mol. The van der Waals surface area contributed by atoms with Crippen LogP contribution in [-0.2, 0) is 4.79 Å². The molecule has 2 saturated heterocycles. The lowest BCUT2D eigenvalue weighted by Gasteiger charge is -2.39. The summed E-state index contributed by atoms with van der Waals surface area (Å²) in [6.07, 6.45) is 0. The second kappa shape index (κ2) is 9.51. The number of hydrogen-bond acceptors (Lipinski definition) is 7. The van der Waals surface area contributed by atoms with Crippen molar-refractivity contribution in [2.75, 3.05) is 87.7 Å². The van der Waals surface area contributed by atoms with Crippen LogP contribution in [0.25, 0.3) is 0 Å². The number of carbonyl (C=O) groups is 1. The molecule has 2 aromatic rings. The molecule has 4 rings (SSSR count). The van der Waals surface area contributed by atoms with Gasteiger partial charge in [0, 0.05) is 83.9 Å². The van der Waals surface area contributed by atoms with Gasteiger partial charge < -0.3 is 19.6 Å². The Balaban J connectivity index is 1.25. The molecule has 166 valence electrons. The van der Waals surface area contributed by atoms with Crippen LogP contribution in [0.3, 0.4) is 0 Å². The fourth-order valence-electron chi connectivity index (χ4n) is 4.18. The van der Waals surface area contributed by atoms with E-state index in [1.165, 1.54) is 5.69 Å². The number of benzene rings is 1. The molecular formula is C23H33N7O. The average Bonchev–Trinajstić information content (AvgIpc) is 2.80. The molecule has 2 aliphatic heterocycles. The van der Waals surface area contributed by atoms with Crippen LogP contribution in [-0.4, -0.2) is 98.7 Å². The lowest BCUT2D eigenvalue weighted by atomic mass is 10.2. The molecule has 0 aliphatic carbocycles. The number of para-hydroxylation sites is 1. The molecule has 0 N–H and O–H groups in total. The molecular weight excluding hydrogens is 390 g/mol. The third-order valence-corrected chi connectivity index (χ3v) is 6.04. The summed E-state index contributed by atoms with van der Waals surface area (Å²) in [6.45, 7) is 9.37. The van der Waals surface area contributed by atoms with Gasteiger partial charge in [0.25, 0.3) is 0 Å². The molecule has 0 radical (unpaired) electrons. The molecule has 3 heterocycles. The van der Waals surface area contributed by atoms with Crippen molar-refractivity contribution in [1.29, 1.82) is 0 Å². The second-order valence-electron chi connectivity index (χ2n) is 8.53. The minimum absolute atomic E-state index is 0.244. The lowest BCUT2D eigenvalue weighted by molar-refractivity contribution is -0.132. The first-order valence-corrected chi connectivity index (χ1v) is 11.1. The average molecular weight is 424 g/mol. The van der Waals surface area contributed by atoms with E-state index in [0.29, 0.717) is 6.54 Å². The van der Waals surface area contributed by atoms with Gasteiger partial charge in [0.1, 0.15) is 5.82 Å². The van der Waals surface area contributed by atoms with Crippen LogP contribution in [0.4, 0.5) is 17.5 Å². The Morgan fingerprint density at radius 3 is 2.19 bits per heavy atom. The standard InChI is InChI=1S/C23H33N7O/c1-19-17-21(25-23(24-19)26(2)3)29-11-9-27(10-12-29)18-22(31)30-15-13-28(14-16-30)20-7-5-4-6-8-20/h4-8,17H,9-16,18H2,1-3H3. The highest BCUT2D eigenvalue weighted by Crippen LogP contribution is 2.19. The highest BCUT2D eigenvalue weighted by Gasteiger charge is 2.25. The molecule has 0 bridgehead atoms. The van der Waals surface area contributed by atoms with Gasteiger partial charge in [0.2, 0.25) is 11.9 Å². The van der Waals surface area contributed by atoms with Gasteiger partial charge in [0.05, 0.1) is 6.54 Å². The van der Waals surface area contributed by atoms with Crippen LogP contribution in [0, 0.1) is 6.92 Å². The quantitative estimate of drug-likeness (QED) is 0.719. The van der Waals surface area contributed by atoms with Gasteiger partial charge in [-0.1, -0.05) is 18.2 Å². The van der Waals surface area contributed by atoms with E-state index in [1.54, 1.807) is 0 Å². The number of amides is 1. The number of aryl methyl sites for hydroxylation is 1. The van der Waals surface area contributed by atoms with E-state index in [-0.39, 0.29) is 5.91 Å². The molecule has 2 fully saturated rings. The number of rotatable bonds is 5. The SMILES string of the molecule is Cc1cc(N2CCN(CC(=O)N3CCN(c4ccccc4)CC3)CC2)nc(N(C)C)n1. The van der Waals surface area contributed by atoms with Crippen molar-refractivity contribution in [3.63, 3.8) is 0 Å². The van der Waals surface area contributed by atoms with Gasteiger partial charge >= 0.3 is 0 Å². The van der Waals surface area contributed by atoms with Gasteiger partial charge in [0.15, 0.2) is 0 Å². The number of piperazine rings is 2. The van der Waals surface area contributed by atoms with Crippen molar-refractivity contribution < 1.29 is 4.79 Å². The van der Waals surface area contributed by atoms with E-state index in [0.717, 1.165) is 69.8 Å². The second-order valence-corrected chi connectivity index (χ2v) is 8.53. The number of anilines is 3. The maximum Gasteiger partial charge on any atom is 0.236 e. The van der Waals surface area contributed by atoms with E-state index < -0.39 is 0 Å². The number of nitrogens with zero attached hydrogens (tertiary/aromatic N) is 7. The first-order valence-electron chi connectivity index (χ1n) is 11.1. The minimum atomic E-state index is 0.244. The van der Waals surface area contributed by atoms with Crippen molar-refractivity contribution in [3.8, 4) is 0 Å². The summed E-state index contributed by atoms with van der Waals surface area (Å²) in [4.78, 5) is 32.9. The fourth-order valence-corrected chi connectivity index (χ4v) is 4.18. The molecule has 1 aromatic heterocycles. The van der Waals surface area contributed by atoms with Gasteiger partial charge in [-0.2, -0.15) is 4.98 Å². The highest BCUT2D eigenvalue weighted by atomic mass is 16.2. The summed E-state index contributed by atoms with van der Waals surface area (Å²) >= 11 is 0. The summed E-state index contributed by atoms with van der Waals surface area (Å²) in [5.41, 5.74) is 2.21. The molecule has 0 saturated carbocycles. The number of aromatic nitrogens is 2. The smallest absolute Gasteiger partial charge is 0.236 e. The van der Waals surface area contributed by atoms with Crippen molar-refractivity contribution in [1.82, 2.24) is 19.8 Å². The zero-order chi connectivity index (χ0) is 21.8. The van der Waals surface area contributed by atoms with Crippen molar-refractivity contribution in [3.05, 3.63) is 42.1 Å². The number of carbonyl (C=O) groups excluding carboxylic acids is 1. The van der Waals surface area contributed by atoms with Crippen LogP contribution in [0.15, 0.2) is 36.4 Å². The summed E-state index contributed by atoms with van der Waals surface area (Å²) < 4.78 is 0. The Morgan fingerprint density at radius 2 is 1.55 bits per heavy atom. The Morgan fingerprint density at radius 1 is 0.903 bits per heavy atom. The molecule has 2 aliphatic rings. The maximum atomic E-state index is 12.9. The molecule has 1 amide bonds. The Labute approximate surface area is 185 Å². The lowest BCUT2D eigenvalue weighted by Crippen LogP contribution is -2.54. The largest absolute Gasteiger partial charge is 0.368 e. The molecule has 1 aromatic carbocycles. The monoisotopic (exact) mass is 423 g/mol. The topological polar surface area (TPSA) is 59.1 Å². The Kier molecular flexibility index (Phi) is 6.56. The van der Waals surface area contributed by atoms with Crippen LogP contribution >= 0.6 is 0 Å². The van der Waals surface area contributed by atoms with Crippen molar-refractivity contribution >= 4 is 23.4 Å². The van der Waals surface area contributed by atoms with Crippen molar-refractivity contribution in [2.45, 2.75) is 6.92 Å². The fraction of sp³-hybridized carbons (Fsp3) is 0.522. The molecule has 8 nitrogen and oxygen atoms in total. The molecule has 0 unspecified atom stereocenters. The molecule has 8 heteroatoms. The zero-order valence-corrected chi connectivity index (χ0v) is 18.9. The van der Waals surface area contributed by atoms with Crippen LogP contribution < -0.4 is 14.7 Å². The summed E-state index contributed by atoms with van der Waals surface area (Å²) in [7, 11) is 3.92. The summed E-state index contributed by atoms with van der Waals surface area (Å²) in [5.74, 6) is 1.95. The summed E-state index contributed by atoms with van der Waals surface area (Å²) in [6, 6.07) is 12.5. The molecule has 0 atom stereocenters. The van der Waals surface area contributed by atoms with Crippen LogP contribution in [0.2, 0.25) is 0 Å². The highest BCUT2D eigenvalue weighted by molar-refractivity contribution is 5.78. The molecule has 0 spiro atoms.